The Labute approximate surface area is 146 Å². The molecule has 1 fully saturated rings. The van der Waals surface area contributed by atoms with E-state index in [2.05, 4.69) is 29.9 Å². The van der Waals surface area contributed by atoms with E-state index in [1.165, 1.54) is 0 Å². The molecule has 5 heteroatoms. The van der Waals surface area contributed by atoms with Gasteiger partial charge in [-0.3, -0.25) is 9.88 Å². The summed E-state index contributed by atoms with van der Waals surface area (Å²) in [5, 5.41) is 0. The van der Waals surface area contributed by atoms with Crippen molar-refractivity contribution in [2.45, 2.75) is 52.2 Å². The SMILES string of the molecule is CC(c1ccccn1)N(C)CC1CCCN(C(=O)OC(C)(C)C)C1. The van der Waals surface area contributed by atoms with E-state index in [1.807, 2.05) is 44.0 Å². The number of nitrogens with zero attached hydrogens (tertiary/aromatic N) is 3. The van der Waals surface area contributed by atoms with Crippen LogP contribution in [-0.2, 0) is 4.74 Å². The van der Waals surface area contributed by atoms with Crippen LogP contribution in [0.3, 0.4) is 0 Å². The average molecular weight is 333 g/mol. The Morgan fingerprint density at radius 3 is 2.83 bits per heavy atom. The Bertz CT molecular complexity index is 527. The summed E-state index contributed by atoms with van der Waals surface area (Å²) < 4.78 is 5.51. The highest BCUT2D eigenvalue weighted by molar-refractivity contribution is 5.68. The minimum Gasteiger partial charge on any atom is -0.444 e. The van der Waals surface area contributed by atoms with Crippen LogP contribution in [0.25, 0.3) is 0 Å². The number of aromatic nitrogens is 1. The highest BCUT2D eigenvalue weighted by Gasteiger charge is 2.28. The van der Waals surface area contributed by atoms with Crippen molar-refractivity contribution in [3.05, 3.63) is 30.1 Å². The number of ether oxygens (including phenoxy) is 1. The van der Waals surface area contributed by atoms with Crippen molar-refractivity contribution in [3.8, 4) is 0 Å². The summed E-state index contributed by atoms with van der Waals surface area (Å²) in [7, 11) is 2.13. The first-order valence-electron chi connectivity index (χ1n) is 8.85. The molecule has 1 aromatic heterocycles. The van der Waals surface area contributed by atoms with Crippen LogP contribution in [0, 0.1) is 5.92 Å². The second-order valence-corrected chi connectivity index (χ2v) is 7.80. The molecule has 0 saturated carbocycles. The number of hydrogen-bond donors (Lipinski definition) is 0. The maximum Gasteiger partial charge on any atom is 0.410 e. The van der Waals surface area contributed by atoms with Gasteiger partial charge in [0.25, 0.3) is 0 Å². The second kappa shape index (κ2) is 7.97. The van der Waals surface area contributed by atoms with Crippen LogP contribution in [0.4, 0.5) is 4.79 Å². The molecule has 1 aliphatic heterocycles. The third-order valence-electron chi connectivity index (χ3n) is 4.49. The Morgan fingerprint density at radius 1 is 1.46 bits per heavy atom. The average Bonchev–Trinajstić information content (AvgIpc) is 2.53. The summed E-state index contributed by atoms with van der Waals surface area (Å²) in [4.78, 5) is 20.9. The van der Waals surface area contributed by atoms with E-state index in [-0.39, 0.29) is 12.1 Å². The molecule has 0 aromatic carbocycles. The number of amides is 1. The maximum absolute atomic E-state index is 12.3. The second-order valence-electron chi connectivity index (χ2n) is 7.80. The number of hydrogen-bond acceptors (Lipinski definition) is 4. The number of pyridine rings is 1. The molecule has 0 radical (unpaired) electrons. The molecule has 1 aromatic rings. The summed E-state index contributed by atoms with van der Waals surface area (Å²) in [6.45, 7) is 10.4. The monoisotopic (exact) mass is 333 g/mol. The van der Waals surface area contributed by atoms with Crippen molar-refractivity contribution >= 4 is 6.09 Å². The first-order chi connectivity index (χ1) is 11.3. The molecule has 2 heterocycles. The third kappa shape index (κ3) is 5.48. The molecule has 0 N–H and O–H groups in total. The van der Waals surface area contributed by atoms with E-state index in [9.17, 15) is 4.79 Å². The molecule has 1 aliphatic rings. The maximum atomic E-state index is 12.3. The topological polar surface area (TPSA) is 45.7 Å². The number of likely N-dealkylation sites (tertiary alicyclic amines) is 1. The zero-order valence-electron chi connectivity index (χ0n) is 15.7. The fraction of sp³-hybridized carbons (Fsp3) is 0.684. The Balaban J connectivity index is 1.89. The van der Waals surface area contributed by atoms with Gasteiger partial charge in [0, 0.05) is 31.9 Å². The van der Waals surface area contributed by atoms with Crippen molar-refractivity contribution in [2.75, 3.05) is 26.7 Å². The largest absolute Gasteiger partial charge is 0.444 e. The van der Waals surface area contributed by atoms with Crippen LogP contribution in [-0.4, -0.2) is 53.2 Å². The minimum absolute atomic E-state index is 0.187. The van der Waals surface area contributed by atoms with Crippen LogP contribution >= 0.6 is 0 Å². The molecular weight excluding hydrogens is 302 g/mol. The molecule has 0 aliphatic carbocycles. The smallest absolute Gasteiger partial charge is 0.410 e. The molecule has 0 spiro atoms. The molecule has 24 heavy (non-hydrogen) atoms. The molecule has 2 atom stereocenters. The predicted molar refractivity (Wildman–Crippen MR) is 95.8 cm³/mol. The van der Waals surface area contributed by atoms with Gasteiger partial charge in [-0.1, -0.05) is 6.07 Å². The molecule has 1 amide bonds. The fourth-order valence-corrected chi connectivity index (χ4v) is 3.12. The minimum atomic E-state index is -0.436. The standard InChI is InChI=1S/C19H31N3O2/c1-15(17-10-6-7-11-20-17)21(5)13-16-9-8-12-22(14-16)18(23)24-19(2,3)4/h6-7,10-11,15-16H,8-9,12-14H2,1-5H3. The van der Waals surface area contributed by atoms with E-state index in [0.717, 1.165) is 38.2 Å². The zero-order chi connectivity index (χ0) is 17.7. The Morgan fingerprint density at radius 2 is 2.21 bits per heavy atom. The van der Waals surface area contributed by atoms with Crippen LogP contribution in [0.5, 0.6) is 0 Å². The highest BCUT2D eigenvalue weighted by Crippen LogP contribution is 2.23. The number of carbonyl (C=O) groups is 1. The number of piperidine rings is 1. The summed E-state index contributed by atoms with van der Waals surface area (Å²) in [6, 6.07) is 6.30. The van der Waals surface area contributed by atoms with Crippen molar-refractivity contribution in [1.82, 2.24) is 14.8 Å². The van der Waals surface area contributed by atoms with Gasteiger partial charge >= 0.3 is 6.09 Å². The van der Waals surface area contributed by atoms with Gasteiger partial charge in [0.2, 0.25) is 0 Å². The highest BCUT2D eigenvalue weighted by atomic mass is 16.6. The van der Waals surface area contributed by atoms with Gasteiger partial charge in [0.1, 0.15) is 5.60 Å². The Kier molecular flexibility index (Phi) is 6.21. The van der Waals surface area contributed by atoms with Gasteiger partial charge < -0.3 is 9.64 Å². The van der Waals surface area contributed by atoms with Crippen LogP contribution in [0.2, 0.25) is 0 Å². The van der Waals surface area contributed by atoms with Gasteiger partial charge in [-0.2, -0.15) is 0 Å². The van der Waals surface area contributed by atoms with Gasteiger partial charge in [-0.15, -0.1) is 0 Å². The first-order valence-corrected chi connectivity index (χ1v) is 8.85. The predicted octanol–water partition coefficient (Wildman–Crippen LogP) is 3.72. The zero-order valence-corrected chi connectivity index (χ0v) is 15.7. The van der Waals surface area contributed by atoms with Gasteiger partial charge in [0.15, 0.2) is 0 Å². The molecule has 0 bridgehead atoms. The van der Waals surface area contributed by atoms with Crippen molar-refractivity contribution in [3.63, 3.8) is 0 Å². The lowest BCUT2D eigenvalue weighted by Crippen LogP contribution is -2.45. The summed E-state index contributed by atoms with van der Waals surface area (Å²) >= 11 is 0. The molecular formula is C19H31N3O2. The van der Waals surface area contributed by atoms with Crippen LogP contribution < -0.4 is 0 Å². The lowest BCUT2D eigenvalue weighted by atomic mass is 9.97. The molecule has 5 nitrogen and oxygen atoms in total. The van der Waals surface area contributed by atoms with E-state index >= 15 is 0 Å². The van der Waals surface area contributed by atoms with Gasteiger partial charge in [-0.05, 0) is 65.6 Å². The summed E-state index contributed by atoms with van der Waals surface area (Å²) in [5.41, 5.74) is 0.647. The number of rotatable bonds is 4. The number of carbonyl (C=O) groups excluding carboxylic acids is 1. The third-order valence-corrected chi connectivity index (χ3v) is 4.49. The van der Waals surface area contributed by atoms with E-state index in [4.69, 9.17) is 4.74 Å². The molecule has 2 rings (SSSR count). The molecule has 2 unspecified atom stereocenters. The molecule has 1 saturated heterocycles. The van der Waals surface area contributed by atoms with Crippen molar-refractivity contribution in [1.29, 1.82) is 0 Å². The van der Waals surface area contributed by atoms with Crippen molar-refractivity contribution < 1.29 is 9.53 Å². The lowest BCUT2D eigenvalue weighted by molar-refractivity contribution is 0.0142. The molecule has 134 valence electrons. The van der Waals surface area contributed by atoms with Gasteiger partial charge in [0.05, 0.1) is 5.69 Å². The van der Waals surface area contributed by atoms with Crippen LogP contribution in [0.1, 0.15) is 52.3 Å². The van der Waals surface area contributed by atoms with E-state index in [0.29, 0.717) is 5.92 Å². The quantitative estimate of drug-likeness (QED) is 0.842. The fourth-order valence-electron chi connectivity index (χ4n) is 3.12. The first kappa shape index (κ1) is 18.7. The van der Waals surface area contributed by atoms with Crippen LogP contribution in [0.15, 0.2) is 24.4 Å². The van der Waals surface area contributed by atoms with E-state index < -0.39 is 5.60 Å². The lowest BCUT2D eigenvalue weighted by Gasteiger charge is -2.36. The summed E-state index contributed by atoms with van der Waals surface area (Å²) in [6.07, 6.45) is 3.84. The normalized spacial score (nSPS) is 20.1. The van der Waals surface area contributed by atoms with Crippen molar-refractivity contribution in [2.24, 2.45) is 5.92 Å². The summed E-state index contributed by atoms with van der Waals surface area (Å²) in [5.74, 6) is 0.474. The Hall–Kier alpha value is -1.62. The van der Waals surface area contributed by atoms with Gasteiger partial charge in [-0.25, -0.2) is 4.79 Å². The van der Waals surface area contributed by atoms with E-state index in [1.54, 1.807) is 0 Å².